The van der Waals surface area contributed by atoms with Gasteiger partial charge in [-0.25, -0.2) is 0 Å². The predicted octanol–water partition coefficient (Wildman–Crippen LogP) is 3.87. The zero-order valence-corrected chi connectivity index (χ0v) is 14.6. The summed E-state index contributed by atoms with van der Waals surface area (Å²) in [5, 5.41) is 13.4. The standard InChI is InChI=1S/C15H21Br2NO2/c16-11-6-7-15(14(17)8-11)20-10-13(19)9-18-12-4-2-1-3-5-12/h6-8,12-13,18-19H,1-5,9-10H2/t13-/m1/s1. The number of nitrogens with one attached hydrogen (secondary N) is 1. The highest BCUT2D eigenvalue weighted by molar-refractivity contribution is 9.11. The number of aliphatic hydroxyl groups is 1. The summed E-state index contributed by atoms with van der Waals surface area (Å²) in [6.45, 7) is 0.902. The van der Waals surface area contributed by atoms with Crippen molar-refractivity contribution in [3.8, 4) is 5.75 Å². The molecule has 0 bridgehead atoms. The van der Waals surface area contributed by atoms with Crippen molar-refractivity contribution in [2.75, 3.05) is 13.2 Å². The van der Waals surface area contributed by atoms with E-state index in [1.165, 1.54) is 32.1 Å². The first-order valence-electron chi connectivity index (χ1n) is 7.14. The number of hydrogen-bond acceptors (Lipinski definition) is 3. The van der Waals surface area contributed by atoms with E-state index in [9.17, 15) is 5.11 Å². The smallest absolute Gasteiger partial charge is 0.133 e. The van der Waals surface area contributed by atoms with Crippen LogP contribution >= 0.6 is 31.9 Å². The summed E-state index contributed by atoms with van der Waals surface area (Å²) in [6.07, 6.45) is 5.93. The molecule has 1 saturated carbocycles. The maximum absolute atomic E-state index is 9.97. The van der Waals surface area contributed by atoms with E-state index < -0.39 is 6.10 Å². The molecule has 5 heteroatoms. The Balaban J connectivity index is 1.70. The SMILES string of the molecule is O[C@H](CNC1CCCCC1)COc1ccc(Br)cc1Br. The summed E-state index contributed by atoms with van der Waals surface area (Å²) in [6, 6.07) is 6.31. The first-order valence-corrected chi connectivity index (χ1v) is 8.73. The van der Waals surface area contributed by atoms with E-state index in [2.05, 4.69) is 37.2 Å². The fourth-order valence-electron chi connectivity index (χ4n) is 2.45. The van der Waals surface area contributed by atoms with Crippen LogP contribution in [0.1, 0.15) is 32.1 Å². The molecule has 2 rings (SSSR count). The van der Waals surface area contributed by atoms with Crippen LogP contribution in [0.15, 0.2) is 27.1 Å². The van der Waals surface area contributed by atoms with Crippen molar-refractivity contribution in [2.45, 2.75) is 44.2 Å². The Hall–Kier alpha value is -0.100. The van der Waals surface area contributed by atoms with Crippen LogP contribution in [-0.2, 0) is 0 Å². The van der Waals surface area contributed by atoms with Crippen molar-refractivity contribution in [3.63, 3.8) is 0 Å². The van der Waals surface area contributed by atoms with Crippen LogP contribution in [0.2, 0.25) is 0 Å². The zero-order chi connectivity index (χ0) is 14.4. The van der Waals surface area contributed by atoms with Crippen LogP contribution in [0.3, 0.4) is 0 Å². The maximum Gasteiger partial charge on any atom is 0.133 e. The Morgan fingerprint density at radius 1 is 1.25 bits per heavy atom. The molecule has 1 aliphatic carbocycles. The quantitative estimate of drug-likeness (QED) is 0.753. The molecule has 0 aliphatic heterocycles. The summed E-state index contributed by atoms with van der Waals surface area (Å²) in [4.78, 5) is 0. The third kappa shape index (κ3) is 5.35. The monoisotopic (exact) mass is 405 g/mol. The number of rotatable bonds is 6. The fraction of sp³-hybridized carbons (Fsp3) is 0.600. The van der Waals surface area contributed by atoms with Crippen LogP contribution in [0, 0.1) is 0 Å². The topological polar surface area (TPSA) is 41.5 Å². The number of hydrogen-bond donors (Lipinski definition) is 2. The largest absolute Gasteiger partial charge is 0.490 e. The molecular formula is C15H21Br2NO2. The molecule has 1 aliphatic rings. The van der Waals surface area contributed by atoms with Crippen molar-refractivity contribution in [1.29, 1.82) is 0 Å². The van der Waals surface area contributed by atoms with E-state index >= 15 is 0 Å². The molecule has 20 heavy (non-hydrogen) atoms. The van der Waals surface area contributed by atoms with Gasteiger partial charge in [-0.05, 0) is 47.0 Å². The van der Waals surface area contributed by atoms with Gasteiger partial charge in [0, 0.05) is 17.1 Å². The Labute approximate surface area is 137 Å². The minimum atomic E-state index is -0.479. The molecule has 1 aromatic rings. The summed E-state index contributed by atoms with van der Waals surface area (Å²) < 4.78 is 7.52. The molecule has 0 amide bonds. The zero-order valence-electron chi connectivity index (χ0n) is 11.4. The van der Waals surface area contributed by atoms with Gasteiger partial charge in [0.2, 0.25) is 0 Å². The molecular weight excluding hydrogens is 386 g/mol. The normalized spacial score (nSPS) is 17.9. The lowest BCUT2D eigenvalue weighted by atomic mass is 9.95. The number of ether oxygens (including phenoxy) is 1. The molecule has 0 aromatic heterocycles. The number of benzene rings is 1. The van der Waals surface area contributed by atoms with Gasteiger partial charge in [0.25, 0.3) is 0 Å². The van der Waals surface area contributed by atoms with Gasteiger partial charge < -0.3 is 15.2 Å². The van der Waals surface area contributed by atoms with E-state index in [1.807, 2.05) is 18.2 Å². The fourth-order valence-corrected chi connectivity index (χ4v) is 3.61. The molecule has 0 heterocycles. The van der Waals surface area contributed by atoms with E-state index in [1.54, 1.807) is 0 Å². The van der Waals surface area contributed by atoms with E-state index in [4.69, 9.17) is 4.74 Å². The summed E-state index contributed by atoms with van der Waals surface area (Å²) in [5.41, 5.74) is 0. The van der Waals surface area contributed by atoms with Crippen molar-refractivity contribution in [1.82, 2.24) is 5.32 Å². The van der Waals surface area contributed by atoms with E-state index in [-0.39, 0.29) is 0 Å². The Bertz CT molecular complexity index is 422. The number of aliphatic hydroxyl groups excluding tert-OH is 1. The van der Waals surface area contributed by atoms with Crippen molar-refractivity contribution in [3.05, 3.63) is 27.1 Å². The molecule has 0 radical (unpaired) electrons. The summed E-state index contributed by atoms with van der Waals surface area (Å²) in [7, 11) is 0. The third-order valence-electron chi connectivity index (χ3n) is 3.57. The lowest BCUT2D eigenvalue weighted by Gasteiger charge is -2.24. The van der Waals surface area contributed by atoms with Crippen LogP contribution in [0.4, 0.5) is 0 Å². The maximum atomic E-state index is 9.97. The van der Waals surface area contributed by atoms with Crippen molar-refractivity contribution in [2.24, 2.45) is 0 Å². The van der Waals surface area contributed by atoms with Crippen molar-refractivity contribution < 1.29 is 9.84 Å². The Morgan fingerprint density at radius 3 is 2.70 bits per heavy atom. The second-order valence-electron chi connectivity index (χ2n) is 5.28. The van der Waals surface area contributed by atoms with E-state index in [0.29, 0.717) is 19.2 Å². The molecule has 0 unspecified atom stereocenters. The average Bonchev–Trinajstić information content (AvgIpc) is 2.45. The van der Waals surface area contributed by atoms with Gasteiger partial charge >= 0.3 is 0 Å². The van der Waals surface area contributed by atoms with Gasteiger partial charge in [-0.3, -0.25) is 0 Å². The van der Waals surface area contributed by atoms with Gasteiger partial charge in [0.1, 0.15) is 18.5 Å². The van der Waals surface area contributed by atoms with Crippen LogP contribution in [0.5, 0.6) is 5.75 Å². The first kappa shape index (κ1) is 16.3. The highest BCUT2D eigenvalue weighted by Crippen LogP contribution is 2.28. The molecule has 1 fully saturated rings. The van der Waals surface area contributed by atoms with Gasteiger partial charge in [-0.2, -0.15) is 0 Å². The molecule has 0 spiro atoms. The van der Waals surface area contributed by atoms with Crippen LogP contribution < -0.4 is 10.1 Å². The van der Waals surface area contributed by atoms with Crippen LogP contribution in [-0.4, -0.2) is 30.4 Å². The first-order chi connectivity index (χ1) is 9.65. The van der Waals surface area contributed by atoms with Crippen LogP contribution in [0.25, 0.3) is 0 Å². The van der Waals surface area contributed by atoms with Gasteiger partial charge in [0.05, 0.1) is 4.47 Å². The number of halogens is 2. The van der Waals surface area contributed by atoms with Gasteiger partial charge in [-0.15, -0.1) is 0 Å². The second kappa shape index (κ2) is 8.37. The second-order valence-corrected chi connectivity index (χ2v) is 7.05. The minimum Gasteiger partial charge on any atom is -0.490 e. The summed E-state index contributed by atoms with van der Waals surface area (Å²) in [5.74, 6) is 0.755. The predicted molar refractivity (Wildman–Crippen MR) is 88.2 cm³/mol. The van der Waals surface area contributed by atoms with Crippen molar-refractivity contribution >= 4 is 31.9 Å². The highest BCUT2D eigenvalue weighted by Gasteiger charge is 2.14. The minimum absolute atomic E-state index is 0.306. The van der Waals surface area contributed by atoms with Gasteiger partial charge in [0.15, 0.2) is 0 Å². The summed E-state index contributed by atoms with van der Waals surface area (Å²) >= 11 is 6.85. The molecule has 1 atom stereocenters. The Morgan fingerprint density at radius 2 is 2.00 bits per heavy atom. The molecule has 1 aromatic carbocycles. The van der Waals surface area contributed by atoms with E-state index in [0.717, 1.165) is 14.7 Å². The molecule has 0 saturated heterocycles. The van der Waals surface area contributed by atoms with Gasteiger partial charge in [-0.1, -0.05) is 35.2 Å². The third-order valence-corrected chi connectivity index (χ3v) is 4.69. The molecule has 112 valence electrons. The Kier molecular flexibility index (Phi) is 6.81. The average molecular weight is 407 g/mol. The molecule has 2 N–H and O–H groups in total. The molecule has 3 nitrogen and oxygen atoms in total. The lowest BCUT2D eigenvalue weighted by molar-refractivity contribution is 0.101. The highest BCUT2D eigenvalue weighted by atomic mass is 79.9. The lowest BCUT2D eigenvalue weighted by Crippen LogP contribution is -2.38.